The van der Waals surface area contributed by atoms with E-state index >= 15 is 0 Å². The molecule has 9 heteroatoms. The zero-order chi connectivity index (χ0) is 20.0. The van der Waals surface area contributed by atoms with Crippen molar-refractivity contribution >= 4 is 12.1 Å². The third-order valence-electron chi connectivity index (χ3n) is 3.60. The lowest BCUT2D eigenvalue weighted by Crippen LogP contribution is -2.18. The van der Waals surface area contributed by atoms with Crippen LogP contribution in [0, 0.1) is 0 Å². The standard InChI is InChI=1S/C18H20N2O7/c1-24-13-6-10(5-12(21)16(13)22)9-19-20-18(23)11-7-14(25-2)17(27-4)15(8-11)26-3/h5-9,21-22H,1-4H3,(H,20,23)/b19-9+. The van der Waals surface area contributed by atoms with E-state index in [1.165, 1.54) is 58.9 Å². The molecule has 0 aliphatic rings. The van der Waals surface area contributed by atoms with Gasteiger partial charge in [0.1, 0.15) is 0 Å². The first-order valence-corrected chi connectivity index (χ1v) is 7.68. The van der Waals surface area contributed by atoms with Crippen molar-refractivity contribution in [2.75, 3.05) is 28.4 Å². The molecule has 2 rings (SSSR count). The first-order valence-electron chi connectivity index (χ1n) is 7.68. The van der Waals surface area contributed by atoms with Crippen LogP contribution >= 0.6 is 0 Å². The fourth-order valence-electron chi connectivity index (χ4n) is 2.29. The van der Waals surface area contributed by atoms with Gasteiger partial charge in [-0.2, -0.15) is 5.10 Å². The molecule has 144 valence electrons. The van der Waals surface area contributed by atoms with Crippen LogP contribution in [0.5, 0.6) is 34.5 Å². The number of benzene rings is 2. The van der Waals surface area contributed by atoms with Gasteiger partial charge in [0.25, 0.3) is 5.91 Å². The molecule has 0 radical (unpaired) electrons. The van der Waals surface area contributed by atoms with E-state index in [2.05, 4.69) is 10.5 Å². The Bertz CT molecular complexity index is 840. The number of hydrogen-bond acceptors (Lipinski definition) is 8. The predicted octanol–water partition coefficient (Wildman–Crippen LogP) is 1.90. The smallest absolute Gasteiger partial charge is 0.271 e. The number of nitrogens with one attached hydrogen (secondary N) is 1. The molecule has 27 heavy (non-hydrogen) atoms. The van der Waals surface area contributed by atoms with Crippen LogP contribution < -0.4 is 24.4 Å². The van der Waals surface area contributed by atoms with E-state index in [9.17, 15) is 15.0 Å². The van der Waals surface area contributed by atoms with Gasteiger partial charge in [-0.05, 0) is 24.3 Å². The molecule has 1 amide bonds. The molecule has 0 saturated heterocycles. The summed E-state index contributed by atoms with van der Waals surface area (Å²) in [5.74, 6) is -0.152. The van der Waals surface area contributed by atoms with Crippen LogP contribution in [0.15, 0.2) is 29.4 Å². The zero-order valence-electron chi connectivity index (χ0n) is 15.3. The maximum atomic E-state index is 12.3. The molecule has 3 N–H and O–H groups in total. The van der Waals surface area contributed by atoms with Gasteiger partial charge in [-0.25, -0.2) is 5.43 Å². The number of phenolic OH excluding ortho intramolecular Hbond substituents is 2. The number of phenols is 2. The predicted molar refractivity (Wildman–Crippen MR) is 97.5 cm³/mol. The van der Waals surface area contributed by atoms with E-state index in [0.29, 0.717) is 22.8 Å². The highest BCUT2D eigenvalue weighted by molar-refractivity contribution is 5.96. The van der Waals surface area contributed by atoms with E-state index in [-0.39, 0.29) is 22.8 Å². The van der Waals surface area contributed by atoms with Crippen LogP contribution in [0.1, 0.15) is 15.9 Å². The lowest BCUT2D eigenvalue weighted by atomic mass is 10.1. The van der Waals surface area contributed by atoms with Crippen LogP contribution in [0.3, 0.4) is 0 Å². The molecule has 9 nitrogen and oxygen atoms in total. The third kappa shape index (κ3) is 4.32. The van der Waals surface area contributed by atoms with Crippen molar-refractivity contribution in [3.8, 4) is 34.5 Å². The second-order valence-electron chi connectivity index (χ2n) is 5.20. The van der Waals surface area contributed by atoms with Crippen LogP contribution in [-0.2, 0) is 0 Å². The van der Waals surface area contributed by atoms with E-state index in [4.69, 9.17) is 18.9 Å². The first kappa shape index (κ1) is 19.7. The van der Waals surface area contributed by atoms with Crippen LogP contribution in [0.4, 0.5) is 0 Å². The van der Waals surface area contributed by atoms with E-state index < -0.39 is 5.91 Å². The second kappa shape index (κ2) is 8.65. The van der Waals surface area contributed by atoms with Gasteiger partial charge in [0.05, 0.1) is 34.7 Å². The highest BCUT2D eigenvalue weighted by Crippen LogP contribution is 2.38. The van der Waals surface area contributed by atoms with Crippen molar-refractivity contribution in [2.24, 2.45) is 5.10 Å². The minimum atomic E-state index is -0.513. The summed E-state index contributed by atoms with van der Waals surface area (Å²) in [5.41, 5.74) is 3.01. The maximum absolute atomic E-state index is 12.3. The van der Waals surface area contributed by atoms with Gasteiger partial charge in [-0.3, -0.25) is 4.79 Å². The number of methoxy groups -OCH3 is 4. The molecule has 0 unspecified atom stereocenters. The molecule has 2 aromatic rings. The number of ether oxygens (including phenoxy) is 4. The summed E-state index contributed by atoms with van der Waals surface area (Å²) in [6, 6.07) is 5.69. The Kier molecular flexibility index (Phi) is 6.32. The number of nitrogens with zero attached hydrogens (tertiary/aromatic N) is 1. The Labute approximate surface area is 155 Å². The highest BCUT2D eigenvalue weighted by Gasteiger charge is 2.16. The van der Waals surface area contributed by atoms with Crippen LogP contribution in [0.2, 0.25) is 0 Å². The van der Waals surface area contributed by atoms with Gasteiger partial charge in [0.15, 0.2) is 23.0 Å². The largest absolute Gasteiger partial charge is 0.504 e. The molecule has 0 bridgehead atoms. The summed E-state index contributed by atoms with van der Waals surface area (Å²) in [4.78, 5) is 12.3. The van der Waals surface area contributed by atoms with Crippen molar-refractivity contribution < 1.29 is 34.0 Å². The summed E-state index contributed by atoms with van der Waals surface area (Å²) in [6.45, 7) is 0. The third-order valence-corrected chi connectivity index (χ3v) is 3.60. The van der Waals surface area contributed by atoms with E-state index in [0.717, 1.165) is 0 Å². The van der Waals surface area contributed by atoms with Gasteiger partial charge >= 0.3 is 0 Å². The first-order chi connectivity index (χ1) is 12.9. The molecule has 0 spiro atoms. The Balaban J connectivity index is 2.21. The molecule has 2 aromatic carbocycles. The molecule has 0 saturated carbocycles. The number of amides is 1. The van der Waals surface area contributed by atoms with Gasteiger partial charge in [0, 0.05) is 11.1 Å². The lowest BCUT2D eigenvalue weighted by molar-refractivity contribution is 0.0954. The van der Waals surface area contributed by atoms with Crippen molar-refractivity contribution in [3.63, 3.8) is 0 Å². The second-order valence-corrected chi connectivity index (χ2v) is 5.20. The molecule has 0 heterocycles. The van der Waals surface area contributed by atoms with Gasteiger partial charge in [0.2, 0.25) is 11.5 Å². The Morgan fingerprint density at radius 2 is 1.52 bits per heavy atom. The van der Waals surface area contributed by atoms with Gasteiger partial charge < -0.3 is 29.2 Å². The number of carbonyl (C=O) groups is 1. The maximum Gasteiger partial charge on any atom is 0.271 e. The minimum absolute atomic E-state index is 0.0763. The summed E-state index contributed by atoms with van der Waals surface area (Å²) in [6.07, 6.45) is 1.29. The Hall–Kier alpha value is -3.62. The fraction of sp³-hybridized carbons (Fsp3) is 0.222. The molecular weight excluding hydrogens is 356 g/mol. The van der Waals surface area contributed by atoms with Crippen molar-refractivity contribution in [2.45, 2.75) is 0 Å². The highest BCUT2D eigenvalue weighted by atomic mass is 16.5. The Morgan fingerprint density at radius 1 is 0.926 bits per heavy atom. The zero-order valence-corrected chi connectivity index (χ0v) is 15.3. The summed E-state index contributed by atoms with van der Waals surface area (Å²) in [5, 5.41) is 23.1. The quantitative estimate of drug-likeness (QED) is 0.384. The van der Waals surface area contributed by atoms with Crippen molar-refractivity contribution in [1.82, 2.24) is 5.43 Å². The Morgan fingerprint density at radius 3 is 2.04 bits per heavy atom. The molecular formula is C18H20N2O7. The molecule has 0 fully saturated rings. The number of hydrogen-bond donors (Lipinski definition) is 3. The van der Waals surface area contributed by atoms with E-state index in [1.807, 2.05) is 0 Å². The molecule has 0 aliphatic heterocycles. The molecule has 0 atom stereocenters. The summed E-state index contributed by atoms with van der Waals surface area (Å²) in [7, 11) is 5.71. The number of rotatable bonds is 7. The summed E-state index contributed by atoms with van der Waals surface area (Å²) >= 11 is 0. The van der Waals surface area contributed by atoms with Crippen LogP contribution in [0.25, 0.3) is 0 Å². The number of carbonyl (C=O) groups excluding carboxylic acids is 1. The topological polar surface area (TPSA) is 119 Å². The molecule has 0 aromatic heterocycles. The number of hydrazone groups is 1. The average Bonchev–Trinajstić information content (AvgIpc) is 2.68. The normalized spacial score (nSPS) is 10.5. The summed E-state index contributed by atoms with van der Waals surface area (Å²) < 4.78 is 20.6. The van der Waals surface area contributed by atoms with Crippen molar-refractivity contribution in [1.29, 1.82) is 0 Å². The average molecular weight is 376 g/mol. The molecule has 0 aliphatic carbocycles. The minimum Gasteiger partial charge on any atom is -0.504 e. The van der Waals surface area contributed by atoms with Gasteiger partial charge in [-0.1, -0.05) is 0 Å². The van der Waals surface area contributed by atoms with E-state index in [1.54, 1.807) is 0 Å². The van der Waals surface area contributed by atoms with Crippen LogP contribution in [-0.4, -0.2) is 50.8 Å². The van der Waals surface area contributed by atoms with Crippen molar-refractivity contribution in [3.05, 3.63) is 35.4 Å². The fourth-order valence-corrected chi connectivity index (χ4v) is 2.29. The lowest BCUT2D eigenvalue weighted by Gasteiger charge is -2.13. The number of aromatic hydroxyl groups is 2. The monoisotopic (exact) mass is 376 g/mol. The SMILES string of the molecule is COc1cc(/C=N/NC(=O)c2cc(OC)c(OC)c(OC)c2)cc(O)c1O. The van der Waals surface area contributed by atoms with Gasteiger partial charge in [-0.15, -0.1) is 0 Å².